The number of aliphatic imine (C=N–C) groups is 1. The van der Waals surface area contributed by atoms with Crippen molar-refractivity contribution in [2.75, 3.05) is 0 Å². The van der Waals surface area contributed by atoms with Crippen LogP contribution in [-0.2, 0) is 6.54 Å². The van der Waals surface area contributed by atoms with Gasteiger partial charge in [0.1, 0.15) is 0 Å². The number of nitrogens with one attached hydrogen (secondary N) is 1. The summed E-state index contributed by atoms with van der Waals surface area (Å²) in [5.41, 5.74) is 11.1. The second-order valence-corrected chi connectivity index (χ2v) is 6.48. The number of rotatable bonds is 4. The van der Waals surface area contributed by atoms with E-state index in [2.05, 4.69) is 75.7 Å². The molecule has 3 aromatic carbocycles. The predicted octanol–water partition coefficient (Wildman–Crippen LogP) is 4.37. The molecule has 0 unspecified atom stereocenters. The van der Waals surface area contributed by atoms with Crippen molar-refractivity contribution in [2.24, 2.45) is 10.7 Å². The Bertz CT molecular complexity index is 1170. The van der Waals surface area contributed by atoms with Gasteiger partial charge >= 0.3 is 0 Å². The molecule has 5 nitrogen and oxygen atoms in total. The maximum Gasteiger partial charge on any atom is 0.207 e. The second kappa shape index (κ2) is 7.68. The van der Waals surface area contributed by atoms with E-state index in [0.29, 0.717) is 5.69 Å². The van der Waals surface area contributed by atoms with Gasteiger partial charge in [0.2, 0.25) is 5.96 Å². The number of aromatic nitrogens is 1. The predicted molar refractivity (Wildman–Crippen MR) is 113 cm³/mol. The largest absolute Gasteiger partial charge is 0.369 e. The smallest absolute Gasteiger partial charge is 0.207 e. The zero-order valence-electron chi connectivity index (χ0n) is 15.2. The summed E-state index contributed by atoms with van der Waals surface area (Å²) >= 11 is 0. The van der Waals surface area contributed by atoms with Gasteiger partial charge in [-0.15, -0.1) is 0 Å². The Balaban J connectivity index is 1.55. The fraction of sp³-hybridized carbons (Fsp3) is 0.0435. The van der Waals surface area contributed by atoms with Crippen LogP contribution in [0.25, 0.3) is 22.0 Å². The normalized spacial score (nSPS) is 11.3. The van der Waals surface area contributed by atoms with E-state index in [1.807, 2.05) is 24.3 Å². The van der Waals surface area contributed by atoms with Crippen LogP contribution in [0.3, 0.4) is 0 Å². The second-order valence-electron chi connectivity index (χ2n) is 6.48. The first kappa shape index (κ1) is 17.4. The summed E-state index contributed by atoms with van der Waals surface area (Å²) in [6, 6.07) is 27.0. The third-order valence-electron chi connectivity index (χ3n) is 4.60. The van der Waals surface area contributed by atoms with Crippen molar-refractivity contribution >= 4 is 22.5 Å². The van der Waals surface area contributed by atoms with Crippen molar-refractivity contribution in [1.29, 1.82) is 5.26 Å². The number of hydrogen-bond donors (Lipinski definition) is 2. The van der Waals surface area contributed by atoms with Gasteiger partial charge in [-0.1, -0.05) is 54.6 Å². The Morgan fingerprint density at radius 3 is 2.46 bits per heavy atom. The maximum absolute atomic E-state index is 8.59. The lowest BCUT2D eigenvalue weighted by Crippen LogP contribution is -2.26. The monoisotopic (exact) mass is 365 g/mol. The summed E-state index contributed by atoms with van der Waals surface area (Å²) in [7, 11) is 0. The molecule has 0 aliphatic rings. The first-order valence-corrected chi connectivity index (χ1v) is 8.95. The van der Waals surface area contributed by atoms with Crippen molar-refractivity contribution < 1.29 is 0 Å². The van der Waals surface area contributed by atoms with Gasteiger partial charge in [-0.3, -0.25) is 5.32 Å². The van der Waals surface area contributed by atoms with Crippen LogP contribution in [0.5, 0.6) is 0 Å². The minimum absolute atomic E-state index is 0.0831. The first-order valence-electron chi connectivity index (χ1n) is 8.95. The number of nitrogens with two attached hydrogens (primary N) is 1. The Kier molecular flexibility index (Phi) is 4.77. The van der Waals surface area contributed by atoms with Crippen LogP contribution in [-0.4, -0.2) is 10.5 Å². The molecule has 28 heavy (non-hydrogen) atoms. The third-order valence-corrected chi connectivity index (χ3v) is 4.60. The van der Waals surface area contributed by atoms with Gasteiger partial charge in [0, 0.05) is 23.6 Å². The van der Waals surface area contributed by atoms with Crippen LogP contribution in [0.15, 0.2) is 90.1 Å². The molecule has 0 fully saturated rings. The van der Waals surface area contributed by atoms with Gasteiger partial charge in [-0.05, 0) is 41.0 Å². The summed E-state index contributed by atoms with van der Waals surface area (Å²) in [4.78, 5) is 4.18. The lowest BCUT2D eigenvalue weighted by molar-refractivity contribution is 0.837. The van der Waals surface area contributed by atoms with Crippen LogP contribution in [0.4, 0.5) is 5.69 Å². The Labute approximate surface area is 163 Å². The van der Waals surface area contributed by atoms with E-state index in [4.69, 9.17) is 11.0 Å². The van der Waals surface area contributed by atoms with Crippen molar-refractivity contribution in [3.05, 3.63) is 90.6 Å². The van der Waals surface area contributed by atoms with Crippen LogP contribution < -0.4 is 11.1 Å². The van der Waals surface area contributed by atoms with E-state index >= 15 is 0 Å². The lowest BCUT2D eigenvalue weighted by atomic mass is 10.0. The molecule has 4 aromatic rings. The molecule has 5 heteroatoms. The molecule has 0 bridgehead atoms. The molecule has 0 amide bonds. The summed E-state index contributed by atoms with van der Waals surface area (Å²) < 4.78 is 2.21. The van der Waals surface area contributed by atoms with E-state index < -0.39 is 0 Å². The number of fused-ring (bicyclic) bond motifs is 1. The SMILES string of the molecule is N#CNC(N)=Nc1ccc2c(ccn2Cc2ccc(-c3ccccc3)cc2)c1. The third kappa shape index (κ3) is 3.71. The number of guanidine groups is 1. The summed E-state index contributed by atoms with van der Waals surface area (Å²) in [5, 5.41) is 12.0. The Morgan fingerprint density at radius 2 is 1.71 bits per heavy atom. The van der Waals surface area contributed by atoms with Crippen molar-refractivity contribution in [3.8, 4) is 17.3 Å². The summed E-state index contributed by atoms with van der Waals surface area (Å²) in [5.74, 6) is 0.0831. The van der Waals surface area contributed by atoms with E-state index in [1.165, 1.54) is 16.7 Å². The highest BCUT2D eigenvalue weighted by atomic mass is 15.1. The highest BCUT2D eigenvalue weighted by Gasteiger charge is 2.04. The zero-order chi connectivity index (χ0) is 19.3. The molecule has 3 N–H and O–H groups in total. The molecule has 0 aliphatic carbocycles. The van der Waals surface area contributed by atoms with Crippen LogP contribution in [0.2, 0.25) is 0 Å². The molecule has 4 rings (SSSR count). The van der Waals surface area contributed by atoms with Gasteiger partial charge in [0.05, 0.1) is 5.69 Å². The van der Waals surface area contributed by atoms with Gasteiger partial charge in [0.15, 0.2) is 6.19 Å². The fourth-order valence-electron chi connectivity index (χ4n) is 3.25. The highest BCUT2D eigenvalue weighted by molar-refractivity contribution is 5.87. The van der Waals surface area contributed by atoms with Crippen LogP contribution in [0.1, 0.15) is 5.56 Å². The number of nitriles is 1. The van der Waals surface area contributed by atoms with E-state index in [1.54, 1.807) is 6.19 Å². The average Bonchev–Trinajstić information content (AvgIpc) is 3.11. The van der Waals surface area contributed by atoms with Gasteiger partial charge in [-0.25, -0.2) is 4.99 Å². The van der Waals surface area contributed by atoms with Crippen LogP contribution >= 0.6 is 0 Å². The minimum Gasteiger partial charge on any atom is -0.369 e. The molecule has 0 atom stereocenters. The molecule has 0 radical (unpaired) electrons. The van der Waals surface area contributed by atoms with Gasteiger partial charge < -0.3 is 10.3 Å². The molecule has 1 heterocycles. The number of nitrogens with zero attached hydrogens (tertiary/aromatic N) is 3. The van der Waals surface area contributed by atoms with Gasteiger partial charge in [-0.2, -0.15) is 5.26 Å². The molecule has 0 spiro atoms. The Morgan fingerprint density at radius 1 is 0.964 bits per heavy atom. The molecular weight excluding hydrogens is 346 g/mol. The van der Waals surface area contributed by atoms with Crippen molar-refractivity contribution in [1.82, 2.24) is 9.88 Å². The highest BCUT2D eigenvalue weighted by Crippen LogP contribution is 2.24. The summed E-state index contributed by atoms with van der Waals surface area (Å²) in [6.07, 6.45) is 3.83. The Hall–Kier alpha value is -4.04. The summed E-state index contributed by atoms with van der Waals surface area (Å²) in [6.45, 7) is 0.791. The minimum atomic E-state index is 0.0831. The van der Waals surface area contributed by atoms with E-state index in [-0.39, 0.29) is 5.96 Å². The fourth-order valence-corrected chi connectivity index (χ4v) is 3.25. The zero-order valence-corrected chi connectivity index (χ0v) is 15.2. The first-order chi connectivity index (χ1) is 13.7. The van der Waals surface area contributed by atoms with Crippen LogP contribution in [0, 0.1) is 11.5 Å². The molecule has 1 aromatic heterocycles. The number of benzene rings is 3. The van der Waals surface area contributed by atoms with E-state index in [9.17, 15) is 0 Å². The molecule has 0 aliphatic heterocycles. The molecular formula is C23H19N5. The molecule has 0 saturated heterocycles. The molecule has 136 valence electrons. The quantitative estimate of drug-likeness (QED) is 0.244. The van der Waals surface area contributed by atoms with E-state index in [0.717, 1.165) is 17.4 Å². The van der Waals surface area contributed by atoms with Gasteiger partial charge in [0.25, 0.3) is 0 Å². The van der Waals surface area contributed by atoms with Crippen molar-refractivity contribution in [3.63, 3.8) is 0 Å². The standard InChI is InChI=1S/C23H19N5/c24-16-26-23(25)27-21-10-11-22-20(14-21)12-13-28(22)15-17-6-8-19(9-7-17)18-4-2-1-3-5-18/h1-14H,15H2,(H3,25,26,27). The number of hydrogen-bond acceptors (Lipinski definition) is 2. The topological polar surface area (TPSA) is 79.1 Å². The lowest BCUT2D eigenvalue weighted by Gasteiger charge is -2.08. The van der Waals surface area contributed by atoms with Crippen molar-refractivity contribution in [2.45, 2.75) is 6.54 Å². The average molecular weight is 365 g/mol. The molecule has 0 saturated carbocycles. The maximum atomic E-state index is 8.59.